The van der Waals surface area contributed by atoms with E-state index in [2.05, 4.69) is 0 Å². The molecule has 25 heavy (non-hydrogen) atoms. The molecule has 0 rings (SSSR count). The molecule has 4 unspecified atom stereocenters. The van der Waals surface area contributed by atoms with Gasteiger partial charge in [0.15, 0.2) is 12.2 Å². The Labute approximate surface area is 144 Å². The van der Waals surface area contributed by atoms with Crippen molar-refractivity contribution in [1.29, 1.82) is 5.26 Å². The zero-order valence-electron chi connectivity index (χ0n) is 14.6. The first-order valence-corrected chi connectivity index (χ1v) is 7.19. The lowest BCUT2D eigenvalue weighted by molar-refractivity contribution is -0.192. The van der Waals surface area contributed by atoms with E-state index in [0.29, 0.717) is 0 Å². The quantitative estimate of drug-likeness (QED) is 0.404. The summed E-state index contributed by atoms with van der Waals surface area (Å²) in [4.78, 5) is 44.9. The number of esters is 4. The van der Waals surface area contributed by atoms with E-state index in [1.54, 1.807) is 6.07 Å². The molecule has 0 saturated heterocycles. The van der Waals surface area contributed by atoms with Crippen LogP contribution >= 0.6 is 0 Å². The van der Waals surface area contributed by atoms with Crippen LogP contribution in [0.25, 0.3) is 0 Å². The van der Waals surface area contributed by atoms with Gasteiger partial charge in [0, 0.05) is 34.8 Å². The molecule has 0 radical (unpaired) electrons. The van der Waals surface area contributed by atoms with Gasteiger partial charge >= 0.3 is 23.9 Å². The number of nitrogens with zero attached hydrogens (tertiary/aromatic N) is 1. The molecule has 0 aliphatic rings. The molecule has 140 valence electrons. The van der Waals surface area contributed by atoms with Gasteiger partial charge in [-0.15, -0.1) is 0 Å². The highest BCUT2D eigenvalue weighted by molar-refractivity contribution is 5.68. The minimum atomic E-state index is -1.46. The number of ether oxygens (including phenoxy) is 5. The highest BCUT2D eigenvalue weighted by Gasteiger charge is 2.42. The Morgan fingerprint density at radius 1 is 0.840 bits per heavy atom. The maximum atomic E-state index is 11.4. The van der Waals surface area contributed by atoms with E-state index in [4.69, 9.17) is 23.7 Å². The van der Waals surface area contributed by atoms with Gasteiger partial charge in [0.1, 0.15) is 18.8 Å². The molecule has 0 aromatic rings. The Morgan fingerprint density at radius 2 is 1.36 bits per heavy atom. The lowest BCUT2D eigenvalue weighted by Crippen LogP contribution is -2.51. The largest absolute Gasteiger partial charge is 0.462 e. The van der Waals surface area contributed by atoms with Crippen LogP contribution in [0.5, 0.6) is 0 Å². The summed E-state index contributed by atoms with van der Waals surface area (Å²) in [5.41, 5.74) is 0. The molecule has 0 spiro atoms. The van der Waals surface area contributed by atoms with E-state index >= 15 is 0 Å². The summed E-state index contributed by atoms with van der Waals surface area (Å²) in [7, 11) is 1.19. The van der Waals surface area contributed by atoms with Crippen LogP contribution in [-0.4, -0.2) is 62.0 Å². The molecule has 0 saturated carbocycles. The molecule has 0 heterocycles. The lowest BCUT2D eigenvalue weighted by atomic mass is 10.0. The lowest BCUT2D eigenvalue weighted by Gasteiger charge is -2.32. The number of carbonyl (C=O) groups is 4. The first-order chi connectivity index (χ1) is 11.6. The predicted molar refractivity (Wildman–Crippen MR) is 79.7 cm³/mol. The number of nitriles is 1. The van der Waals surface area contributed by atoms with Crippen LogP contribution in [0.4, 0.5) is 0 Å². The smallest absolute Gasteiger partial charge is 0.304 e. The maximum Gasteiger partial charge on any atom is 0.304 e. The summed E-state index contributed by atoms with van der Waals surface area (Å²) in [6.07, 6.45) is -5.39. The Hall–Kier alpha value is -2.67. The molecule has 0 N–H and O–H groups in total. The third kappa shape index (κ3) is 8.66. The second-order valence-corrected chi connectivity index (χ2v) is 4.88. The third-order valence-electron chi connectivity index (χ3n) is 2.75. The van der Waals surface area contributed by atoms with Crippen LogP contribution in [0.3, 0.4) is 0 Å². The number of hydrogen-bond acceptors (Lipinski definition) is 10. The molecule has 0 bridgehead atoms. The molecule has 0 aromatic heterocycles. The van der Waals surface area contributed by atoms with Crippen molar-refractivity contribution >= 4 is 23.9 Å². The summed E-state index contributed by atoms with van der Waals surface area (Å²) in [6.45, 7) is 3.95. The molecule has 10 nitrogen and oxygen atoms in total. The van der Waals surface area contributed by atoms with E-state index < -0.39 is 54.9 Å². The predicted octanol–water partition coefficient (Wildman–Crippen LogP) is -0.117. The monoisotopic (exact) mass is 359 g/mol. The van der Waals surface area contributed by atoms with Crippen LogP contribution in [0.2, 0.25) is 0 Å². The average molecular weight is 359 g/mol. The summed E-state index contributed by atoms with van der Waals surface area (Å²) in [5.74, 6) is -2.94. The highest BCUT2D eigenvalue weighted by Crippen LogP contribution is 2.18. The highest BCUT2D eigenvalue weighted by atomic mass is 16.6. The second-order valence-electron chi connectivity index (χ2n) is 4.88. The van der Waals surface area contributed by atoms with Crippen molar-refractivity contribution in [3.63, 3.8) is 0 Å². The molecular formula is C15H21NO9. The van der Waals surface area contributed by atoms with Gasteiger partial charge in [0.05, 0.1) is 0 Å². The van der Waals surface area contributed by atoms with Crippen LogP contribution < -0.4 is 0 Å². The van der Waals surface area contributed by atoms with Crippen molar-refractivity contribution in [2.24, 2.45) is 0 Å². The fourth-order valence-corrected chi connectivity index (χ4v) is 1.93. The number of methoxy groups -OCH3 is 1. The van der Waals surface area contributed by atoms with Crippen molar-refractivity contribution in [3.05, 3.63) is 0 Å². The second kappa shape index (κ2) is 11.0. The van der Waals surface area contributed by atoms with Gasteiger partial charge in [-0.2, -0.15) is 5.26 Å². The fraction of sp³-hybridized carbons (Fsp3) is 0.667. The van der Waals surface area contributed by atoms with Crippen LogP contribution in [0.15, 0.2) is 0 Å². The average Bonchev–Trinajstić information content (AvgIpc) is 2.48. The molecular weight excluding hydrogens is 338 g/mol. The van der Waals surface area contributed by atoms with Crippen molar-refractivity contribution in [2.45, 2.75) is 52.1 Å². The normalized spacial score (nSPS) is 14.9. The Balaban J connectivity index is 5.70. The number of rotatable bonds is 9. The molecule has 0 amide bonds. The van der Waals surface area contributed by atoms with Crippen molar-refractivity contribution in [3.8, 4) is 6.07 Å². The first kappa shape index (κ1) is 22.3. The zero-order valence-corrected chi connectivity index (χ0v) is 14.6. The molecule has 0 aliphatic heterocycles. The van der Waals surface area contributed by atoms with Gasteiger partial charge in [-0.05, 0) is 0 Å². The zero-order chi connectivity index (χ0) is 19.6. The summed E-state index contributed by atoms with van der Waals surface area (Å²) in [6, 6.07) is 1.70. The van der Waals surface area contributed by atoms with Crippen molar-refractivity contribution < 1.29 is 42.9 Å². The first-order valence-electron chi connectivity index (χ1n) is 7.19. The molecule has 0 fully saturated rings. The number of carbonyl (C=O) groups excluding carboxylic acids is 4. The van der Waals surface area contributed by atoms with Gasteiger partial charge in [-0.3, -0.25) is 19.2 Å². The maximum absolute atomic E-state index is 11.4. The van der Waals surface area contributed by atoms with Gasteiger partial charge in [-0.25, -0.2) is 0 Å². The minimum Gasteiger partial charge on any atom is -0.462 e. The van der Waals surface area contributed by atoms with Gasteiger partial charge < -0.3 is 23.7 Å². The van der Waals surface area contributed by atoms with E-state index in [0.717, 1.165) is 27.7 Å². The van der Waals surface area contributed by atoms with Crippen molar-refractivity contribution in [2.75, 3.05) is 13.7 Å². The SMILES string of the molecule is COC(C(C#N)OC(C)=O)C(OC(C)=O)C(COC(C)=O)OC(C)=O. The summed E-state index contributed by atoms with van der Waals surface area (Å²) >= 11 is 0. The topological polar surface area (TPSA) is 138 Å². The number of hydrogen-bond donors (Lipinski definition) is 0. The van der Waals surface area contributed by atoms with Gasteiger partial charge in [0.25, 0.3) is 0 Å². The Bertz CT molecular complexity index is 540. The minimum absolute atomic E-state index is 0.453. The summed E-state index contributed by atoms with van der Waals surface area (Å²) < 4.78 is 24.9. The van der Waals surface area contributed by atoms with E-state index in [-0.39, 0.29) is 0 Å². The Morgan fingerprint density at radius 3 is 1.72 bits per heavy atom. The molecule has 10 heteroatoms. The van der Waals surface area contributed by atoms with Crippen LogP contribution in [0, 0.1) is 11.3 Å². The van der Waals surface area contributed by atoms with E-state index in [9.17, 15) is 24.4 Å². The fourth-order valence-electron chi connectivity index (χ4n) is 1.93. The third-order valence-corrected chi connectivity index (χ3v) is 2.75. The van der Waals surface area contributed by atoms with Crippen molar-refractivity contribution in [1.82, 2.24) is 0 Å². The van der Waals surface area contributed by atoms with Crippen LogP contribution in [0.1, 0.15) is 27.7 Å². The standard InChI is InChI=1S/C15H21NO9/c1-8(17)22-7-13(24-10(3)19)15(25-11(4)20)14(21-5)12(6-16)23-9(2)18/h12-15H,7H2,1-5H3. The summed E-state index contributed by atoms with van der Waals surface area (Å²) in [5, 5.41) is 9.20. The van der Waals surface area contributed by atoms with Crippen LogP contribution in [-0.2, 0) is 42.9 Å². The van der Waals surface area contributed by atoms with Gasteiger partial charge in [0.2, 0.25) is 6.10 Å². The van der Waals surface area contributed by atoms with E-state index in [1.165, 1.54) is 7.11 Å². The molecule has 0 aliphatic carbocycles. The molecule has 4 atom stereocenters. The Kier molecular flexibility index (Phi) is 9.81. The van der Waals surface area contributed by atoms with E-state index in [1.807, 2.05) is 0 Å². The van der Waals surface area contributed by atoms with Gasteiger partial charge in [-0.1, -0.05) is 0 Å². The molecule has 0 aromatic carbocycles.